The molecule has 1 atom stereocenters. The van der Waals surface area contributed by atoms with E-state index in [2.05, 4.69) is 18.3 Å². The predicted octanol–water partition coefficient (Wildman–Crippen LogP) is 4.66. The molecule has 2 nitrogen and oxygen atoms in total. The van der Waals surface area contributed by atoms with Crippen LogP contribution in [0.4, 0.5) is 10.1 Å². The van der Waals surface area contributed by atoms with Gasteiger partial charge in [-0.05, 0) is 31.0 Å². The van der Waals surface area contributed by atoms with E-state index >= 15 is 0 Å². The molecule has 0 amide bonds. The molecule has 2 N–H and O–H groups in total. The maximum Gasteiger partial charge on any atom is 0.132 e. The van der Waals surface area contributed by atoms with Crippen LogP contribution in [0.1, 0.15) is 37.4 Å². The predicted molar refractivity (Wildman–Crippen MR) is 80.5 cm³/mol. The molecular formula is C17H20FNO. The first-order valence-corrected chi connectivity index (χ1v) is 6.94. The summed E-state index contributed by atoms with van der Waals surface area (Å²) in [6.07, 6.45) is 2.06. The van der Waals surface area contributed by atoms with Gasteiger partial charge in [-0.1, -0.05) is 37.6 Å². The number of phenols is 1. The van der Waals surface area contributed by atoms with Crippen molar-refractivity contribution >= 4 is 5.69 Å². The van der Waals surface area contributed by atoms with Crippen molar-refractivity contribution in [2.45, 2.75) is 32.7 Å². The number of rotatable bonds is 5. The van der Waals surface area contributed by atoms with Crippen molar-refractivity contribution < 1.29 is 9.50 Å². The zero-order chi connectivity index (χ0) is 14.5. The number of hydrogen-bond donors (Lipinski definition) is 2. The zero-order valence-corrected chi connectivity index (χ0v) is 11.9. The molecule has 0 radical (unpaired) electrons. The van der Waals surface area contributed by atoms with E-state index in [0.717, 1.165) is 24.6 Å². The summed E-state index contributed by atoms with van der Waals surface area (Å²) in [6.45, 7) is 4.05. The van der Waals surface area contributed by atoms with Crippen molar-refractivity contribution in [1.29, 1.82) is 0 Å². The molecule has 0 saturated carbocycles. The van der Waals surface area contributed by atoms with Gasteiger partial charge in [-0.3, -0.25) is 0 Å². The van der Waals surface area contributed by atoms with E-state index in [4.69, 9.17) is 0 Å². The number of halogens is 1. The standard InChI is InChI=1S/C17H20FNO/c1-3-6-13-7-4-5-8-17(13)19-12(2)15-10-9-14(20)11-16(15)18/h4-5,7-12,19-20H,3,6H2,1-2H3. The first-order valence-electron chi connectivity index (χ1n) is 6.94. The second-order valence-corrected chi connectivity index (χ2v) is 4.98. The summed E-state index contributed by atoms with van der Waals surface area (Å²) >= 11 is 0. The highest BCUT2D eigenvalue weighted by Gasteiger charge is 2.12. The Morgan fingerprint density at radius 1 is 1.20 bits per heavy atom. The zero-order valence-electron chi connectivity index (χ0n) is 11.9. The molecule has 106 valence electrons. The van der Waals surface area contributed by atoms with Crippen molar-refractivity contribution in [3.8, 4) is 5.75 Å². The second kappa shape index (κ2) is 6.42. The maximum absolute atomic E-state index is 13.9. The quantitative estimate of drug-likeness (QED) is 0.830. The Morgan fingerprint density at radius 2 is 1.95 bits per heavy atom. The molecule has 2 rings (SSSR count). The number of aryl methyl sites for hydroxylation is 1. The minimum absolute atomic E-state index is 0.0511. The third kappa shape index (κ3) is 3.29. The van der Waals surface area contributed by atoms with Gasteiger partial charge < -0.3 is 10.4 Å². The number of aromatic hydroxyl groups is 1. The maximum atomic E-state index is 13.9. The van der Waals surface area contributed by atoms with E-state index in [-0.39, 0.29) is 11.8 Å². The third-order valence-corrected chi connectivity index (χ3v) is 3.36. The molecule has 0 aliphatic carbocycles. The summed E-state index contributed by atoms with van der Waals surface area (Å²) in [7, 11) is 0. The van der Waals surface area contributed by atoms with Crippen LogP contribution in [0.15, 0.2) is 42.5 Å². The molecule has 0 fully saturated rings. The Labute approximate surface area is 119 Å². The van der Waals surface area contributed by atoms with Crippen molar-refractivity contribution in [1.82, 2.24) is 0 Å². The number of nitrogens with one attached hydrogen (secondary N) is 1. The van der Waals surface area contributed by atoms with Gasteiger partial charge in [0, 0.05) is 17.3 Å². The van der Waals surface area contributed by atoms with Crippen LogP contribution in [0.5, 0.6) is 5.75 Å². The molecule has 2 aromatic carbocycles. The molecule has 0 saturated heterocycles. The number of hydrogen-bond acceptors (Lipinski definition) is 2. The lowest BCUT2D eigenvalue weighted by atomic mass is 10.0. The summed E-state index contributed by atoms with van der Waals surface area (Å²) in [6, 6.07) is 12.2. The molecule has 0 heterocycles. The summed E-state index contributed by atoms with van der Waals surface area (Å²) in [4.78, 5) is 0. The summed E-state index contributed by atoms with van der Waals surface area (Å²) < 4.78 is 13.9. The third-order valence-electron chi connectivity index (χ3n) is 3.36. The fourth-order valence-electron chi connectivity index (χ4n) is 2.33. The highest BCUT2D eigenvalue weighted by Crippen LogP contribution is 2.26. The van der Waals surface area contributed by atoms with Crippen LogP contribution in [0.2, 0.25) is 0 Å². The molecule has 2 aromatic rings. The molecule has 0 aromatic heterocycles. The molecule has 1 unspecified atom stereocenters. The van der Waals surface area contributed by atoms with Crippen LogP contribution in [-0.4, -0.2) is 5.11 Å². The van der Waals surface area contributed by atoms with Gasteiger partial charge in [0.25, 0.3) is 0 Å². The minimum Gasteiger partial charge on any atom is -0.508 e. The topological polar surface area (TPSA) is 32.3 Å². The van der Waals surface area contributed by atoms with Gasteiger partial charge >= 0.3 is 0 Å². The lowest BCUT2D eigenvalue weighted by Crippen LogP contribution is -2.10. The highest BCUT2D eigenvalue weighted by atomic mass is 19.1. The van der Waals surface area contributed by atoms with Crippen LogP contribution in [0, 0.1) is 5.82 Å². The Balaban J connectivity index is 2.21. The van der Waals surface area contributed by atoms with Gasteiger partial charge in [0.05, 0.1) is 6.04 Å². The van der Waals surface area contributed by atoms with E-state index in [0.29, 0.717) is 5.56 Å². The molecule has 0 bridgehead atoms. The van der Waals surface area contributed by atoms with E-state index in [1.54, 1.807) is 6.07 Å². The van der Waals surface area contributed by atoms with Crippen molar-refractivity contribution in [2.75, 3.05) is 5.32 Å². The molecule has 20 heavy (non-hydrogen) atoms. The Hall–Kier alpha value is -2.03. The molecule has 3 heteroatoms. The normalized spacial score (nSPS) is 12.2. The van der Waals surface area contributed by atoms with Crippen molar-refractivity contribution in [3.63, 3.8) is 0 Å². The fraction of sp³-hybridized carbons (Fsp3) is 0.294. The van der Waals surface area contributed by atoms with Crippen LogP contribution < -0.4 is 5.32 Å². The van der Waals surface area contributed by atoms with Gasteiger partial charge in [0.2, 0.25) is 0 Å². The van der Waals surface area contributed by atoms with Crippen LogP contribution >= 0.6 is 0 Å². The highest BCUT2D eigenvalue weighted by molar-refractivity contribution is 5.52. The SMILES string of the molecule is CCCc1ccccc1NC(C)c1ccc(O)cc1F. The fourth-order valence-corrected chi connectivity index (χ4v) is 2.33. The number of phenolic OH excluding ortho intramolecular Hbond substituents is 1. The number of para-hydroxylation sites is 1. The van der Waals surface area contributed by atoms with E-state index in [1.807, 2.05) is 25.1 Å². The summed E-state index contributed by atoms with van der Waals surface area (Å²) in [5.74, 6) is -0.442. The van der Waals surface area contributed by atoms with Crippen molar-refractivity contribution in [3.05, 3.63) is 59.4 Å². The average Bonchev–Trinajstić information content (AvgIpc) is 2.41. The Kier molecular flexibility index (Phi) is 4.61. The van der Waals surface area contributed by atoms with Crippen LogP contribution in [-0.2, 0) is 6.42 Å². The van der Waals surface area contributed by atoms with Gasteiger partial charge in [-0.25, -0.2) is 4.39 Å². The molecule has 0 spiro atoms. The van der Waals surface area contributed by atoms with Gasteiger partial charge in [-0.2, -0.15) is 0 Å². The van der Waals surface area contributed by atoms with E-state index in [9.17, 15) is 9.50 Å². The van der Waals surface area contributed by atoms with Crippen LogP contribution in [0.25, 0.3) is 0 Å². The molecule has 0 aliphatic rings. The number of benzene rings is 2. The first-order chi connectivity index (χ1) is 9.61. The monoisotopic (exact) mass is 273 g/mol. The lowest BCUT2D eigenvalue weighted by molar-refractivity contribution is 0.467. The van der Waals surface area contributed by atoms with E-state index in [1.165, 1.54) is 11.6 Å². The van der Waals surface area contributed by atoms with Gasteiger partial charge in [0.15, 0.2) is 0 Å². The van der Waals surface area contributed by atoms with Crippen LogP contribution in [0.3, 0.4) is 0 Å². The van der Waals surface area contributed by atoms with Gasteiger partial charge in [0.1, 0.15) is 11.6 Å². The Morgan fingerprint density at radius 3 is 2.65 bits per heavy atom. The van der Waals surface area contributed by atoms with Crippen molar-refractivity contribution in [2.24, 2.45) is 0 Å². The molecule has 0 aliphatic heterocycles. The smallest absolute Gasteiger partial charge is 0.132 e. The minimum atomic E-state index is -0.391. The first kappa shape index (κ1) is 14.4. The molecular weight excluding hydrogens is 253 g/mol. The number of anilines is 1. The lowest BCUT2D eigenvalue weighted by Gasteiger charge is -2.19. The second-order valence-electron chi connectivity index (χ2n) is 4.98. The van der Waals surface area contributed by atoms with E-state index < -0.39 is 5.82 Å². The summed E-state index contributed by atoms with van der Waals surface area (Å²) in [5.41, 5.74) is 2.82. The average molecular weight is 273 g/mol. The van der Waals surface area contributed by atoms with Gasteiger partial charge in [-0.15, -0.1) is 0 Å². The Bertz CT molecular complexity index is 583. The largest absolute Gasteiger partial charge is 0.508 e. The summed E-state index contributed by atoms with van der Waals surface area (Å²) in [5, 5.41) is 12.6.